The smallest absolute Gasteiger partial charge is 0.471 e. The van der Waals surface area contributed by atoms with Crippen LogP contribution in [0.4, 0.5) is 35.9 Å². The number of imide groups is 1. The number of ether oxygens (including phenoxy) is 10. The number of benzene rings is 1. The summed E-state index contributed by atoms with van der Waals surface area (Å²) in [6.07, 6.45) is -18.8. The van der Waals surface area contributed by atoms with Crippen LogP contribution in [0.5, 0.6) is 11.5 Å². The summed E-state index contributed by atoms with van der Waals surface area (Å²) in [5, 5.41) is 51.9. The lowest BCUT2D eigenvalue weighted by Crippen LogP contribution is -2.63. The maximum atomic E-state index is 13.0. The van der Waals surface area contributed by atoms with Gasteiger partial charge >= 0.3 is 36.2 Å². The maximum Gasteiger partial charge on any atom is 0.471 e. The SMILES string of the molecule is O=C(NCCOCCOCCOCCOc1ccc(CN2C(=O)C=CC2=O)cc1OCCOCCOCCOCCNC(=O)NC[C@H]1O[C@H]2CCN(C(=O)C(F)(F)F)[C@H]2[C@@H](O)[C@H]1O)NC[C@H]1O[C@H]2CCN(C(=O)C(F)(F)F)[C@H]2[C@@H](O)[C@H]1O. The molecule has 0 aliphatic carbocycles. The quantitative estimate of drug-likeness (QED) is 0.0217. The van der Waals surface area contributed by atoms with E-state index in [1.807, 2.05) is 0 Å². The number of urea groups is 2. The van der Waals surface area contributed by atoms with Gasteiger partial charge in [-0.15, -0.1) is 0 Å². The first-order valence-corrected chi connectivity index (χ1v) is 26.4. The van der Waals surface area contributed by atoms with Gasteiger partial charge in [0.2, 0.25) is 0 Å². The molecule has 0 radical (unpaired) electrons. The lowest BCUT2D eigenvalue weighted by atomic mass is 9.93. The average molecular weight is 1190 g/mol. The van der Waals surface area contributed by atoms with E-state index in [4.69, 9.17) is 47.4 Å². The highest BCUT2D eigenvalue weighted by molar-refractivity contribution is 6.12. The molecule has 4 fully saturated rings. The van der Waals surface area contributed by atoms with Crippen LogP contribution in [0.3, 0.4) is 0 Å². The molecule has 462 valence electrons. The summed E-state index contributed by atoms with van der Waals surface area (Å²) in [7, 11) is 0. The molecular weight excluding hydrogens is 1120 g/mol. The molecule has 1 aromatic carbocycles. The van der Waals surface area contributed by atoms with Crippen molar-refractivity contribution >= 4 is 35.7 Å². The molecule has 0 saturated carbocycles. The van der Waals surface area contributed by atoms with E-state index in [2.05, 4.69) is 21.3 Å². The number of hydrogen-bond donors (Lipinski definition) is 8. The van der Waals surface area contributed by atoms with Crippen LogP contribution in [0.25, 0.3) is 0 Å². The molecule has 5 aliphatic rings. The Balaban J connectivity index is 0.754. The van der Waals surface area contributed by atoms with Crippen molar-refractivity contribution in [1.29, 1.82) is 0 Å². The molecule has 10 atom stereocenters. The molecule has 0 spiro atoms. The fraction of sp³-hybridized carbons (Fsp3) is 0.714. The van der Waals surface area contributed by atoms with E-state index in [1.54, 1.807) is 18.2 Å². The Hall–Kier alpha value is -5.72. The summed E-state index contributed by atoms with van der Waals surface area (Å²) < 4.78 is 134. The van der Waals surface area contributed by atoms with E-state index in [-0.39, 0.29) is 151 Å². The highest BCUT2D eigenvalue weighted by Crippen LogP contribution is 2.37. The lowest BCUT2D eigenvalue weighted by Gasteiger charge is -2.42. The number of amides is 8. The highest BCUT2D eigenvalue weighted by atomic mass is 19.4. The molecule has 8 N–H and O–H groups in total. The van der Waals surface area contributed by atoms with Gasteiger partial charge in [-0.2, -0.15) is 26.3 Å². The summed E-state index contributed by atoms with van der Waals surface area (Å²) in [5.74, 6) is -4.45. The first-order valence-electron chi connectivity index (χ1n) is 26.4. The molecule has 0 bridgehead atoms. The van der Waals surface area contributed by atoms with Crippen LogP contribution in [0, 0.1) is 0 Å². The standard InChI is InChI=1S/C49H69F6N7O20/c50-48(51,52)44(69)60-9-5-31-38(60)42(67)40(65)34(81-31)26-58-46(71)56-7-11-73-13-15-75-17-19-77-21-23-79-30-2-1-29(28-62-36(63)3-4-37(62)64)25-33(30)80-24-22-78-20-18-76-16-14-74-12-8-57-47(72)59-27-35-41(66)43(68)39-32(82-35)6-10-61(39)45(70)49(53,54)55/h1-4,25,31-32,34-35,38-43,65-68H,5-24,26-28H2,(H2,56,58,71)(H2,57,59,72)/t31-,32-,34+,35+,38+,39+,40-,41-,42+,43+/m0/s1. The van der Waals surface area contributed by atoms with Gasteiger partial charge < -0.3 is 98.9 Å². The van der Waals surface area contributed by atoms with E-state index in [1.165, 1.54) is 12.2 Å². The normalized spacial score (nSPS) is 25.3. The predicted molar refractivity (Wildman–Crippen MR) is 264 cm³/mol. The van der Waals surface area contributed by atoms with Gasteiger partial charge in [0, 0.05) is 51.4 Å². The van der Waals surface area contributed by atoms with Crippen LogP contribution >= 0.6 is 0 Å². The number of nitrogens with zero attached hydrogens (tertiary/aromatic N) is 3. The van der Waals surface area contributed by atoms with Gasteiger partial charge in [-0.1, -0.05) is 6.07 Å². The van der Waals surface area contributed by atoms with Crippen molar-refractivity contribution in [3.05, 3.63) is 35.9 Å². The fourth-order valence-corrected chi connectivity index (χ4v) is 9.41. The topological polar surface area (TPSA) is 333 Å². The number of aliphatic hydroxyl groups excluding tert-OH is 4. The van der Waals surface area contributed by atoms with Gasteiger partial charge in [-0.25, -0.2) is 9.59 Å². The summed E-state index contributed by atoms with van der Waals surface area (Å²) in [6, 6.07) is 0.933. The minimum atomic E-state index is -5.15. The Bertz CT molecular complexity index is 2280. The summed E-state index contributed by atoms with van der Waals surface area (Å²) in [4.78, 5) is 74.4. The van der Waals surface area contributed by atoms with Crippen LogP contribution in [-0.4, -0.2) is 276 Å². The van der Waals surface area contributed by atoms with E-state index in [9.17, 15) is 75.5 Å². The largest absolute Gasteiger partial charge is 0.487 e. The third-order valence-corrected chi connectivity index (χ3v) is 13.4. The molecule has 1 aromatic rings. The summed E-state index contributed by atoms with van der Waals surface area (Å²) >= 11 is 0. The van der Waals surface area contributed by atoms with Crippen molar-refractivity contribution in [3.63, 3.8) is 0 Å². The van der Waals surface area contributed by atoms with Crippen LogP contribution in [0.2, 0.25) is 0 Å². The van der Waals surface area contributed by atoms with Gasteiger partial charge in [0.05, 0.1) is 110 Å². The van der Waals surface area contributed by atoms with E-state index < -0.39 is 109 Å². The van der Waals surface area contributed by atoms with E-state index in [0.717, 1.165) is 4.90 Å². The third kappa shape index (κ3) is 19.2. The number of halogens is 6. The first kappa shape index (κ1) is 65.4. The highest BCUT2D eigenvalue weighted by Gasteiger charge is 2.57. The van der Waals surface area contributed by atoms with Gasteiger partial charge in [-0.05, 0) is 30.5 Å². The number of alkyl halides is 6. The number of carbonyl (C=O) groups is 6. The number of aliphatic hydroxyl groups is 4. The van der Waals surface area contributed by atoms with E-state index >= 15 is 0 Å². The Labute approximate surface area is 465 Å². The van der Waals surface area contributed by atoms with Crippen molar-refractivity contribution in [2.24, 2.45) is 0 Å². The molecule has 5 aliphatic heterocycles. The van der Waals surface area contributed by atoms with Crippen LogP contribution in [0.1, 0.15) is 18.4 Å². The molecule has 33 heteroatoms. The van der Waals surface area contributed by atoms with Crippen molar-refractivity contribution in [2.45, 2.75) is 92.7 Å². The molecule has 0 unspecified atom stereocenters. The number of carbonyl (C=O) groups excluding carboxylic acids is 6. The zero-order valence-corrected chi connectivity index (χ0v) is 44.4. The van der Waals surface area contributed by atoms with Crippen LogP contribution in [-0.2, 0) is 63.6 Å². The lowest BCUT2D eigenvalue weighted by molar-refractivity contribution is -0.207. The number of hydrogen-bond acceptors (Lipinski definition) is 20. The predicted octanol–water partition coefficient (Wildman–Crippen LogP) is -2.13. The van der Waals surface area contributed by atoms with Crippen molar-refractivity contribution in [1.82, 2.24) is 36.0 Å². The number of likely N-dealkylation sites (tertiary alicyclic amines) is 2. The molecule has 4 saturated heterocycles. The first-order chi connectivity index (χ1) is 39.1. The minimum absolute atomic E-state index is 0.00400. The number of nitrogens with one attached hydrogen (secondary N) is 4. The molecule has 27 nitrogen and oxygen atoms in total. The molecule has 6 rings (SSSR count). The van der Waals surface area contributed by atoms with Gasteiger partial charge in [0.1, 0.15) is 49.8 Å². The Morgan fingerprint density at radius 3 is 1.30 bits per heavy atom. The summed E-state index contributed by atoms with van der Waals surface area (Å²) in [6.45, 7) is 1.59. The van der Waals surface area contributed by atoms with Gasteiger partial charge in [0.25, 0.3) is 11.8 Å². The minimum Gasteiger partial charge on any atom is -0.487 e. The van der Waals surface area contributed by atoms with Gasteiger partial charge in [0.15, 0.2) is 11.5 Å². The molecule has 5 heterocycles. The molecule has 8 amide bonds. The van der Waals surface area contributed by atoms with Crippen molar-refractivity contribution in [3.8, 4) is 11.5 Å². The zero-order valence-electron chi connectivity index (χ0n) is 44.4. The molecular formula is C49H69F6N7O20. The van der Waals surface area contributed by atoms with E-state index in [0.29, 0.717) is 26.9 Å². The van der Waals surface area contributed by atoms with Crippen molar-refractivity contribution in [2.75, 3.05) is 132 Å². The third-order valence-electron chi connectivity index (χ3n) is 13.4. The Kier molecular flexibility index (Phi) is 25.4. The second-order valence-electron chi connectivity index (χ2n) is 19.0. The fourth-order valence-electron chi connectivity index (χ4n) is 9.41. The van der Waals surface area contributed by atoms with Gasteiger partial charge in [-0.3, -0.25) is 24.1 Å². The Morgan fingerprint density at radius 2 is 0.902 bits per heavy atom. The second kappa shape index (κ2) is 31.8. The average Bonchev–Trinajstić information content (AvgIpc) is 4.05. The summed E-state index contributed by atoms with van der Waals surface area (Å²) in [5.41, 5.74) is 0.602. The van der Waals surface area contributed by atoms with Crippen molar-refractivity contribution < 1.29 is 123 Å². The van der Waals surface area contributed by atoms with Crippen LogP contribution in [0.15, 0.2) is 30.4 Å². The monoisotopic (exact) mass is 1190 g/mol. The van der Waals surface area contributed by atoms with Crippen LogP contribution < -0.4 is 30.7 Å². The number of fused-ring (bicyclic) bond motifs is 2. The second-order valence-corrected chi connectivity index (χ2v) is 19.0. The number of rotatable bonds is 32. The maximum absolute atomic E-state index is 13.0. The Morgan fingerprint density at radius 1 is 0.524 bits per heavy atom. The molecule has 0 aromatic heterocycles. The zero-order chi connectivity index (χ0) is 59.4. The molecule has 82 heavy (non-hydrogen) atoms.